The van der Waals surface area contributed by atoms with Crippen LogP contribution in [0.5, 0.6) is 0 Å². The number of nitrogens with zero attached hydrogens (tertiary/aromatic N) is 1. The van der Waals surface area contributed by atoms with Crippen LogP contribution in [0.3, 0.4) is 0 Å². The molecule has 2 amide bonds. The van der Waals surface area contributed by atoms with Gasteiger partial charge in [-0.25, -0.2) is 4.39 Å². The zero-order valence-corrected chi connectivity index (χ0v) is 14.7. The van der Waals surface area contributed by atoms with Crippen molar-refractivity contribution >= 4 is 34.8 Å². The maximum atomic E-state index is 13.2. The Balaban J connectivity index is 1.74. The van der Waals surface area contributed by atoms with E-state index in [1.54, 1.807) is 4.90 Å². The highest BCUT2D eigenvalue weighted by atomic mass is 35.5. The fourth-order valence-corrected chi connectivity index (χ4v) is 3.14. The largest absolute Gasteiger partial charge is 0.326 e. The Bertz CT molecular complexity index is 853. The van der Waals surface area contributed by atoms with E-state index in [1.165, 1.54) is 18.2 Å². The number of carbonyl (C=O) groups is 2. The SMILES string of the molecule is Cc1cccc(N2C[C@@H](C(=O)Nc3ccc(F)c(Cl)c3)CC2=O)c1C. The summed E-state index contributed by atoms with van der Waals surface area (Å²) in [5.41, 5.74) is 3.38. The number of carbonyl (C=O) groups excluding carboxylic acids is 2. The van der Waals surface area contributed by atoms with Gasteiger partial charge in [0.2, 0.25) is 11.8 Å². The lowest BCUT2D eigenvalue weighted by Crippen LogP contribution is -2.28. The lowest BCUT2D eigenvalue weighted by atomic mass is 10.1. The van der Waals surface area contributed by atoms with Crippen LogP contribution >= 0.6 is 11.6 Å². The first kappa shape index (κ1) is 17.4. The van der Waals surface area contributed by atoms with Crippen molar-refractivity contribution in [2.75, 3.05) is 16.8 Å². The van der Waals surface area contributed by atoms with Gasteiger partial charge in [-0.05, 0) is 49.2 Å². The Labute approximate surface area is 150 Å². The number of hydrogen-bond acceptors (Lipinski definition) is 2. The molecule has 0 saturated carbocycles. The molecule has 6 heteroatoms. The molecule has 0 unspecified atom stereocenters. The van der Waals surface area contributed by atoms with Gasteiger partial charge in [0, 0.05) is 24.3 Å². The summed E-state index contributed by atoms with van der Waals surface area (Å²) in [6.07, 6.45) is 0.147. The van der Waals surface area contributed by atoms with Gasteiger partial charge in [-0.3, -0.25) is 9.59 Å². The Hall–Kier alpha value is -2.40. The molecule has 2 aromatic carbocycles. The molecule has 0 aromatic heterocycles. The van der Waals surface area contributed by atoms with Crippen molar-refractivity contribution in [2.45, 2.75) is 20.3 Å². The molecule has 0 aliphatic carbocycles. The Morgan fingerprint density at radius 1 is 1.28 bits per heavy atom. The van der Waals surface area contributed by atoms with Crippen molar-refractivity contribution in [3.05, 3.63) is 58.4 Å². The van der Waals surface area contributed by atoms with Crippen molar-refractivity contribution in [1.29, 1.82) is 0 Å². The fourth-order valence-electron chi connectivity index (χ4n) is 2.96. The Kier molecular flexibility index (Phi) is 4.77. The average Bonchev–Trinajstić information content (AvgIpc) is 2.95. The van der Waals surface area contributed by atoms with Crippen LogP contribution < -0.4 is 10.2 Å². The van der Waals surface area contributed by atoms with Crippen molar-refractivity contribution in [3.8, 4) is 0 Å². The zero-order chi connectivity index (χ0) is 18.1. The van der Waals surface area contributed by atoms with Gasteiger partial charge in [-0.2, -0.15) is 0 Å². The average molecular weight is 361 g/mol. The summed E-state index contributed by atoms with van der Waals surface area (Å²) in [4.78, 5) is 26.5. The molecule has 1 fully saturated rings. The minimum absolute atomic E-state index is 0.0580. The van der Waals surface area contributed by atoms with E-state index in [0.29, 0.717) is 12.2 Å². The molecular formula is C19H18ClFN2O2. The third kappa shape index (κ3) is 3.51. The van der Waals surface area contributed by atoms with Gasteiger partial charge in [0.05, 0.1) is 10.9 Å². The van der Waals surface area contributed by atoms with Crippen LogP contribution in [-0.4, -0.2) is 18.4 Å². The van der Waals surface area contributed by atoms with E-state index in [2.05, 4.69) is 5.32 Å². The Morgan fingerprint density at radius 3 is 2.76 bits per heavy atom. The number of hydrogen-bond donors (Lipinski definition) is 1. The summed E-state index contributed by atoms with van der Waals surface area (Å²) in [6.45, 7) is 4.28. The van der Waals surface area contributed by atoms with Crippen molar-refractivity contribution in [1.82, 2.24) is 0 Å². The lowest BCUT2D eigenvalue weighted by molar-refractivity contribution is -0.122. The monoisotopic (exact) mass is 360 g/mol. The Morgan fingerprint density at radius 2 is 2.04 bits per heavy atom. The third-order valence-corrected chi connectivity index (χ3v) is 4.84. The minimum atomic E-state index is -0.545. The highest BCUT2D eigenvalue weighted by molar-refractivity contribution is 6.31. The predicted molar refractivity (Wildman–Crippen MR) is 96.4 cm³/mol. The van der Waals surface area contributed by atoms with Crippen LogP contribution in [0.25, 0.3) is 0 Å². The maximum absolute atomic E-state index is 13.2. The first-order valence-corrected chi connectivity index (χ1v) is 8.37. The third-order valence-electron chi connectivity index (χ3n) is 4.55. The molecule has 4 nitrogen and oxygen atoms in total. The van der Waals surface area contributed by atoms with Gasteiger partial charge >= 0.3 is 0 Å². The van der Waals surface area contributed by atoms with Gasteiger partial charge in [0.1, 0.15) is 5.82 Å². The first-order valence-electron chi connectivity index (χ1n) is 7.99. The zero-order valence-electron chi connectivity index (χ0n) is 14.0. The molecule has 1 saturated heterocycles. The number of halogens is 2. The second-order valence-corrected chi connectivity index (χ2v) is 6.65. The molecule has 1 atom stereocenters. The predicted octanol–water partition coefficient (Wildman–Crippen LogP) is 4.09. The number of benzene rings is 2. The number of aryl methyl sites for hydroxylation is 1. The number of anilines is 2. The standard InChI is InChI=1S/C19H18ClFN2O2/c1-11-4-3-5-17(12(11)2)23-10-13(8-18(23)24)19(25)22-14-6-7-16(21)15(20)9-14/h3-7,9,13H,8,10H2,1-2H3,(H,22,25)/t13-/m0/s1. The summed E-state index contributed by atoms with van der Waals surface area (Å²) < 4.78 is 13.2. The first-order chi connectivity index (χ1) is 11.9. The van der Waals surface area contributed by atoms with E-state index in [9.17, 15) is 14.0 Å². The molecule has 130 valence electrons. The van der Waals surface area contributed by atoms with E-state index < -0.39 is 11.7 Å². The maximum Gasteiger partial charge on any atom is 0.229 e. The van der Waals surface area contributed by atoms with E-state index in [0.717, 1.165) is 16.8 Å². The normalized spacial score (nSPS) is 17.0. The molecule has 1 heterocycles. The van der Waals surface area contributed by atoms with E-state index >= 15 is 0 Å². The van der Waals surface area contributed by atoms with Gasteiger partial charge in [0.15, 0.2) is 0 Å². The van der Waals surface area contributed by atoms with Crippen LogP contribution in [-0.2, 0) is 9.59 Å². The van der Waals surface area contributed by atoms with Crippen molar-refractivity contribution in [3.63, 3.8) is 0 Å². The van der Waals surface area contributed by atoms with Crippen LogP contribution in [0.2, 0.25) is 5.02 Å². The molecule has 0 bridgehead atoms. The van der Waals surface area contributed by atoms with E-state index in [4.69, 9.17) is 11.6 Å². The topological polar surface area (TPSA) is 49.4 Å². The van der Waals surface area contributed by atoms with Crippen molar-refractivity contribution in [2.24, 2.45) is 5.92 Å². The molecule has 0 radical (unpaired) electrons. The number of rotatable bonds is 3. The number of amides is 2. The summed E-state index contributed by atoms with van der Waals surface area (Å²) in [5.74, 6) is -1.36. The van der Waals surface area contributed by atoms with Crippen LogP contribution in [0, 0.1) is 25.6 Å². The van der Waals surface area contributed by atoms with Gasteiger partial charge in [-0.15, -0.1) is 0 Å². The van der Waals surface area contributed by atoms with Crippen LogP contribution in [0.1, 0.15) is 17.5 Å². The summed E-state index contributed by atoms with van der Waals surface area (Å²) in [7, 11) is 0. The highest BCUT2D eigenvalue weighted by Crippen LogP contribution is 2.30. The second kappa shape index (κ2) is 6.84. The summed E-state index contributed by atoms with van der Waals surface area (Å²) >= 11 is 5.73. The highest BCUT2D eigenvalue weighted by Gasteiger charge is 2.35. The summed E-state index contributed by atoms with van der Waals surface area (Å²) in [6, 6.07) is 9.77. The minimum Gasteiger partial charge on any atom is -0.326 e. The summed E-state index contributed by atoms with van der Waals surface area (Å²) in [5, 5.41) is 2.64. The van der Waals surface area contributed by atoms with Crippen molar-refractivity contribution < 1.29 is 14.0 Å². The van der Waals surface area contributed by atoms with Gasteiger partial charge in [-0.1, -0.05) is 23.7 Å². The van der Waals surface area contributed by atoms with E-state index in [-0.39, 0.29) is 23.3 Å². The van der Waals surface area contributed by atoms with Crippen LogP contribution in [0.15, 0.2) is 36.4 Å². The molecule has 1 aliphatic heterocycles. The van der Waals surface area contributed by atoms with Gasteiger partial charge < -0.3 is 10.2 Å². The molecular weight excluding hydrogens is 343 g/mol. The molecule has 2 aromatic rings. The van der Waals surface area contributed by atoms with E-state index in [1.807, 2.05) is 32.0 Å². The molecule has 1 aliphatic rings. The van der Waals surface area contributed by atoms with Crippen LogP contribution in [0.4, 0.5) is 15.8 Å². The molecule has 1 N–H and O–H groups in total. The smallest absolute Gasteiger partial charge is 0.229 e. The number of nitrogens with one attached hydrogen (secondary N) is 1. The second-order valence-electron chi connectivity index (χ2n) is 6.24. The molecule has 25 heavy (non-hydrogen) atoms. The van der Waals surface area contributed by atoms with Gasteiger partial charge in [0.25, 0.3) is 0 Å². The quantitative estimate of drug-likeness (QED) is 0.896. The fraction of sp³-hybridized carbons (Fsp3) is 0.263. The lowest BCUT2D eigenvalue weighted by Gasteiger charge is -2.20. The molecule has 3 rings (SSSR count). The molecule has 0 spiro atoms.